The van der Waals surface area contributed by atoms with Gasteiger partial charge < -0.3 is 4.18 Å². The van der Waals surface area contributed by atoms with Crippen molar-refractivity contribution >= 4 is 18.0 Å². The monoisotopic (exact) mass is 166 g/mol. The summed E-state index contributed by atoms with van der Waals surface area (Å²) in [6.45, 7) is 0. The SMILES string of the molecule is O=C1Cc2ccccc2SO1. The van der Waals surface area contributed by atoms with Gasteiger partial charge in [0.2, 0.25) is 0 Å². The Labute approximate surface area is 68.8 Å². The zero-order valence-corrected chi connectivity index (χ0v) is 6.56. The Balaban J connectivity index is 2.41. The van der Waals surface area contributed by atoms with Crippen LogP contribution in [0.4, 0.5) is 0 Å². The normalized spacial score (nSPS) is 15.5. The molecule has 2 nitrogen and oxygen atoms in total. The molecule has 0 spiro atoms. The van der Waals surface area contributed by atoms with Gasteiger partial charge in [-0.05, 0) is 11.6 Å². The molecule has 0 radical (unpaired) electrons. The molecule has 0 bridgehead atoms. The number of hydrogen-bond acceptors (Lipinski definition) is 3. The first-order valence-electron chi connectivity index (χ1n) is 3.31. The third kappa shape index (κ3) is 1.24. The standard InChI is InChI=1S/C8H6O2S/c9-8-5-6-3-1-2-4-7(6)11-10-8/h1-4H,5H2. The van der Waals surface area contributed by atoms with Gasteiger partial charge in [-0.2, -0.15) is 0 Å². The van der Waals surface area contributed by atoms with Crippen LogP contribution < -0.4 is 0 Å². The maximum Gasteiger partial charge on any atom is 0.322 e. The lowest BCUT2D eigenvalue weighted by Crippen LogP contribution is -2.09. The zero-order valence-electron chi connectivity index (χ0n) is 5.74. The molecular weight excluding hydrogens is 160 g/mol. The van der Waals surface area contributed by atoms with Gasteiger partial charge in [-0.15, -0.1) is 0 Å². The predicted octanol–water partition coefficient (Wildman–Crippen LogP) is 1.79. The van der Waals surface area contributed by atoms with Crippen LogP contribution in [0.5, 0.6) is 0 Å². The maximum absolute atomic E-state index is 10.8. The summed E-state index contributed by atoms with van der Waals surface area (Å²) in [4.78, 5) is 11.8. The van der Waals surface area contributed by atoms with Crippen LogP contribution in [0.25, 0.3) is 0 Å². The summed E-state index contributed by atoms with van der Waals surface area (Å²) in [5.74, 6) is -0.159. The third-order valence-electron chi connectivity index (χ3n) is 1.53. The molecule has 1 aromatic rings. The van der Waals surface area contributed by atoms with Crippen LogP contribution in [0, 0.1) is 0 Å². The highest BCUT2D eigenvalue weighted by atomic mass is 32.2. The van der Waals surface area contributed by atoms with Gasteiger partial charge in [0.1, 0.15) is 0 Å². The van der Waals surface area contributed by atoms with Crippen molar-refractivity contribution in [2.75, 3.05) is 0 Å². The summed E-state index contributed by atoms with van der Waals surface area (Å²) in [6, 6.07) is 7.76. The molecule has 56 valence electrons. The average Bonchev–Trinajstić information content (AvgIpc) is 2.04. The lowest BCUT2D eigenvalue weighted by atomic mass is 10.1. The van der Waals surface area contributed by atoms with Gasteiger partial charge in [-0.1, -0.05) is 18.2 Å². The molecule has 11 heavy (non-hydrogen) atoms. The van der Waals surface area contributed by atoms with Crippen molar-refractivity contribution in [3.05, 3.63) is 29.8 Å². The summed E-state index contributed by atoms with van der Waals surface area (Å²) in [5, 5.41) is 0. The molecule has 1 aromatic carbocycles. The van der Waals surface area contributed by atoms with E-state index in [0.29, 0.717) is 6.42 Å². The quantitative estimate of drug-likeness (QED) is 0.550. The van der Waals surface area contributed by atoms with E-state index in [2.05, 4.69) is 0 Å². The third-order valence-corrected chi connectivity index (χ3v) is 2.38. The van der Waals surface area contributed by atoms with Crippen molar-refractivity contribution in [1.82, 2.24) is 0 Å². The molecule has 0 saturated carbocycles. The number of fused-ring (bicyclic) bond motifs is 1. The fourth-order valence-electron chi connectivity index (χ4n) is 1.01. The lowest BCUT2D eigenvalue weighted by Gasteiger charge is -2.12. The highest BCUT2D eigenvalue weighted by Crippen LogP contribution is 2.28. The molecule has 0 amide bonds. The van der Waals surface area contributed by atoms with Gasteiger partial charge >= 0.3 is 5.97 Å². The van der Waals surface area contributed by atoms with E-state index in [1.54, 1.807) is 0 Å². The van der Waals surface area contributed by atoms with Crippen molar-refractivity contribution in [3.63, 3.8) is 0 Å². The van der Waals surface area contributed by atoms with Crippen molar-refractivity contribution in [2.45, 2.75) is 11.3 Å². The fraction of sp³-hybridized carbons (Fsp3) is 0.125. The number of benzene rings is 1. The second kappa shape index (κ2) is 2.58. The Bertz CT molecular complexity index is 296. The van der Waals surface area contributed by atoms with E-state index in [-0.39, 0.29) is 5.97 Å². The molecule has 0 atom stereocenters. The minimum absolute atomic E-state index is 0.159. The van der Waals surface area contributed by atoms with E-state index < -0.39 is 0 Å². The Morgan fingerprint density at radius 3 is 3.09 bits per heavy atom. The van der Waals surface area contributed by atoms with E-state index in [9.17, 15) is 4.79 Å². The van der Waals surface area contributed by atoms with Crippen LogP contribution in [0.3, 0.4) is 0 Å². The highest BCUT2D eigenvalue weighted by Gasteiger charge is 2.16. The second-order valence-electron chi connectivity index (χ2n) is 2.32. The maximum atomic E-state index is 10.8. The molecule has 1 heterocycles. The minimum atomic E-state index is -0.159. The summed E-state index contributed by atoms with van der Waals surface area (Å²) < 4.78 is 4.78. The first kappa shape index (κ1) is 6.73. The van der Waals surface area contributed by atoms with Gasteiger partial charge in [0.15, 0.2) is 0 Å². The second-order valence-corrected chi connectivity index (χ2v) is 3.10. The van der Waals surface area contributed by atoms with Crippen LogP contribution in [-0.4, -0.2) is 5.97 Å². The highest BCUT2D eigenvalue weighted by molar-refractivity contribution is 7.95. The van der Waals surface area contributed by atoms with E-state index >= 15 is 0 Å². The number of rotatable bonds is 0. The molecule has 0 fully saturated rings. The smallest absolute Gasteiger partial charge is 0.322 e. The molecule has 0 saturated heterocycles. The summed E-state index contributed by atoms with van der Waals surface area (Å²) in [6.07, 6.45) is 0.406. The van der Waals surface area contributed by atoms with Crippen LogP contribution >= 0.6 is 12.0 Å². The van der Waals surface area contributed by atoms with Crippen molar-refractivity contribution < 1.29 is 8.98 Å². The van der Waals surface area contributed by atoms with E-state index in [1.165, 1.54) is 0 Å². The van der Waals surface area contributed by atoms with Gasteiger partial charge in [-0.25, -0.2) is 0 Å². The summed E-state index contributed by atoms with van der Waals surface area (Å²) >= 11 is 1.15. The molecule has 0 aliphatic carbocycles. The molecule has 0 N–H and O–H groups in total. The van der Waals surface area contributed by atoms with Gasteiger partial charge in [0.05, 0.1) is 23.4 Å². The lowest BCUT2D eigenvalue weighted by molar-refractivity contribution is -0.132. The Kier molecular flexibility index (Phi) is 1.58. The van der Waals surface area contributed by atoms with E-state index in [0.717, 1.165) is 22.5 Å². The average molecular weight is 166 g/mol. The summed E-state index contributed by atoms with van der Waals surface area (Å²) in [5.41, 5.74) is 1.06. The van der Waals surface area contributed by atoms with Crippen LogP contribution in [-0.2, 0) is 15.4 Å². The Morgan fingerprint density at radius 2 is 2.18 bits per heavy atom. The summed E-state index contributed by atoms with van der Waals surface area (Å²) in [7, 11) is 0. The molecule has 2 rings (SSSR count). The van der Waals surface area contributed by atoms with Crippen molar-refractivity contribution in [1.29, 1.82) is 0 Å². The van der Waals surface area contributed by atoms with E-state index in [4.69, 9.17) is 4.18 Å². The van der Waals surface area contributed by atoms with Crippen LogP contribution in [0.2, 0.25) is 0 Å². The fourth-order valence-corrected chi connectivity index (χ4v) is 1.63. The van der Waals surface area contributed by atoms with E-state index in [1.807, 2.05) is 24.3 Å². The zero-order chi connectivity index (χ0) is 7.68. The molecule has 0 aromatic heterocycles. The molecule has 1 aliphatic heterocycles. The van der Waals surface area contributed by atoms with Gasteiger partial charge in [0.25, 0.3) is 0 Å². The minimum Gasteiger partial charge on any atom is -0.386 e. The number of carbonyl (C=O) groups is 1. The molecule has 1 aliphatic rings. The Hall–Kier alpha value is -0.960. The molecular formula is C8H6O2S. The largest absolute Gasteiger partial charge is 0.386 e. The first-order chi connectivity index (χ1) is 5.36. The predicted molar refractivity (Wildman–Crippen MR) is 42.1 cm³/mol. The van der Waals surface area contributed by atoms with Crippen molar-refractivity contribution in [3.8, 4) is 0 Å². The first-order valence-corrected chi connectivity index (χ1v) is 4.06. The Morgan fingerprint density at radius 1 is 1.36 bits per heavy atom. The van der Waals surface area contributed by atoms with Gasteiger partial charge in [-0.3, -0.25) is 4.79 Å². The van der Waals surface area contributed by atoms with Crippen molar-refractivity contribution in [2.24, 2.45) is 0 Å². The van der Waals surface area contributed by atoms with Crippen LogP contribution in [0.1, 0.15) is 5.56 Å². The van der Waals surface area contributed by atoms with Crippen LogP contribution in [0.15, 0.2) is 29.2 Å². The number of hydrogen-bond donors (Lipinski definition) is 0. The molecule has 3 heteroatoms. The number of carbonyl (C=O) groups excluding carboxylic acids is 1. The van der Waals surface area contributed by atoms with Gasteiger partial charge in [0, 0.05) is 0 Å². The molecule has 0 unspecified atom stereocenters. The topological polar surface area (TPSA) is 26.3 Å².